The molecular weight excluding hydrogens is 444 g/mol. The number of carbonyl (C=O) groups excluding carboxylic acids is 1. The van der Waals surface area contributed by atoms with Crippen LogP contribution in [0.25, 0.3) is 0 Å². The van der Waals surface area contributed by atoms with Gasteiger partial charge in [-0.3, -0.25) is 4.79 Å². The number of rotatable bonds is 5. The smallest absolute Gasteiger partial charge is 0.136 e. The normalized spacial score (nSPS) is 47.2. The van der Waals surface area contributed by atoms with E-state index in [1.54, 1.807) is 0 Å². The van der Waals surface area contributed by atoms with Crippen molar-refractivity contribution >= 4 is 21.7 Å². The van der Waals surface area contributed by atoms with Gasteiger partial charge in [0.05, 0.1) is 0 Å². The summed E-state index contributed by atoms with van der Waals surface area (Å²) in [6, 6.07) is 0. The van der Waals surface area contributed by atoms with Crippen LogP contribution in [0, 0.1) is 58.2 Å². The van der Waals surface area contributed by atoms with E-state index in [9.17, 15) is 4.79 Å². The first-order valence-electron chi connectivity index (χ1n) is 13.5. The summed E-state index contributed by atoms with van der Waals surface area (Å²) in [6.07, 6.45) is 16.3. The SMILES string of the molecule is CC[C@H](/C=C/[C@@H](C)C1CCC2C3CC(=O)C4C[C@@H](Br)CC[C@]4(C)C3CC[C@@]21C)C(C)C. The van der Waals surface area contributed by atoms with E-state index in [-0.39, 0.29) is 5.41 Å². The van der Waals surface area contributed by atoms with Crippen LogP contribution in [-0.4, -0.2) is 10.6 Å². The molecule has 4 aliphatic carbocycles. The van der Waals surface area contributed by atoms with Crippen LogP contribution < -0.4 is 0 Å². The zero-order valence-corrected chi connectivity index (χ0v) is 22.6. The van der Waals surface area contributed by atoms with E-state index in [0.717, 1.165) is 36.5 Å². The number of ketones is 1. The van der Waals surface area contributed by atoms with Gasteiger partial charge in [0.1, 0.15) is 5.78 Å². The molecule has 5 unspecified atom stereocenters. The van der Waals surface area contributed by atoms with Crippen LogP contribution in [0.3, 0.4) is 0 Å². The lowest BCUT2D eigenvalue weighted by molar-refractivity contribution is -0.153. The first-order valence-corrected chi connectivity index (χ1v) is 14.4. The zero-order valence-electron chi connectivity index (χ0n) is 21.0. The van der Waals surface area contributed by atoms with Gasteiger partial charge < -0.3 is 0 Å². The van der Waals surface area contributed by atoms with Crippen molar-refractivity contribution in [1.29, 1.82) is 0 Å². The fourth-order valence-corrected chi connectivity index (χ4v) is 9.78. The van der Waals surface area contributed by atoms with Crippen molar-refractivity contribution in [1.82, 2.24) is 0 Å². The Morgan fingerprint density at radius 2 is 1.68 bits per heavy atom. The number of Topliss-reactive ketones (excluding diaryl/α,β-unsaturated/α-hetero) is 1. The molecule has 31 heavy (non-hydrogen) atoms. The van der Waals surface area contributed by atoms with Gasteiger partial charge in [-0.25, -0.2) is 0 Å². The Balaban J connectivity index is 1.53. The number of alkyl halides is 1. The van der Waals surface area contributed by atoms with Crippen LogP contribution in [0.2, 0.25) is 0 Å². The van der Waals surface area contributed by atoms with Gasteiger partial charge in [0, 0.05) is 17.2 Å². The van der Waals surface area contributed by atoms with Crippen molar-refractivity contribution in [3.8, 4) is 0 Å². The summed E-state index contributed by atoms with van der Waals surface area (Å²) in [5.74, 6) is 6.01. The maximum atomic E-state index is 13.4. The van der Waals surface area contributed by atoms with Crippen LogP contribution in [-0.2, 0) is 4.79 Å². The van der Waals surface area contributed by atoms with Crippen LogP contribution in [0.1, 0.15) is 99.3 Å². The molecule has 2 heteroatoms. The molecule has 0 aromatic rings. The highest BCUT2D eigenvalue weighted by molar-refractivity contribution is 9.09. The number of hydrogen-bond donors (Lipinski definition) is 0. The molecule has 4 fully saturated rings. The minimum Gasteiger partial charge on any atom is -0.299 e. The van der Waals surface area contributed by atoms with Crippen molar-refractivity contribution in [2.75, 3.05) is 0 Å². The number of halogens is 1. The predicted molar refractivity (Wildman–Crippen MR) is 135 cm³/mol. The van der Waals surface area contributed by atoms with Crippen LogP contribution in [0.15, 0.2) is 12.2 Å². The summed E-state index contributed by atoms with van der Waals surface area (Å²) in [4.78, 5) is 13.9. The summed E-state index contributed by atoms with van der Waals surface area (Å²) in [5.41, 5.74) is 0.696. The van der Waals surface area contributed by atoms with E-state index in [0.29, 0.717) is 39.7 Å². The molecule has 176 valence electrons. The van der Waals surface area contributed by atoms with Gasteiger partial charge in [-0.05, 0) is 104 Å². The van der Waals surface area contributed by atoms with Gasteiger partial charge in [0.15, 0.2) is 0 Å². The van der Waals surface area contributed by atoms with Crippen molar-refractivity contribution in [2.45, 2.75) is 104 Å². The molecule has 0 aromatic heterocycles. The van der Waals surface area contributed by atoms with Gasteiger partial charge in [-0.2, -0.15) is 0 Å². The second kappa shape index (κ2) is 8.92. The molecule has 4 saturated carbocycles. The van der Waals surface area contributed by atoms with Gasteiger partial charge in [-0.1, -0.05) is 69.6 Å². The third kappa shape index (κ3) is 4.04. The van der Waals surface area contributed by atoms with E-state index >= 15 is 0 Å². The lowest BCUT2D eigenvalue weighted by Crippen LogP contribution is -2.56. The molecule has 4 rings (SSSR count). The third-order valence-electron chi connectivity index (χ3n) is 11.1. The van der Waals surface area contributed by atoms with E-state index < -0.39 is 0 Å². The van der Waals surface area contributed by atoms with E-state index in [1.165, 1.54) is 44.9 Å². The van der Waals surface area contributed by atoms with Gasteiger partial charge in [0.2, 0.25) is 0 Å². The second-order valence-electron chi connectivity index (χ2n) is 12.8. The Hall–Kier alpha value is -0.110. The molecule has 0 heterocycles. The maximum absolute atomic E-state index is 13.4. The summed E-state index contributed by atoms with van der Waals surface area (Å²) in [7, 11) is 0. The van der Waals surface area contributed by atoms with Crippen LogP contribution in [0.5, 0.6) is 0 Å². The molecular formula is C29H47BrO. The predicted octanol–water partition coefficient (Wildman–Crippen LogP) is 8.46. The second-order valence-corrected chi connectivity index (χ2v) is 14.1. The molecule has 0 N–H and O–H groups in total. The fraction of sp³-hybridized carbons (Fsp3) is 0.897. The van der Waals surface area contributed by atoms with Crippen LogP contribution in [0.4, 0.5) is 0 Å². The minimum atomic E-state index is 0.265. The summed E-state index contributed by atoms with van der Waals surface area (Å²) < 4.78 is 0. The standard InChI is InChI=1S/C29H47BrO/c1-7-20(18(2)3)9-8-19(4)23-10-11-24-22-17-27(31)26-16-21(30)12-14-29(26,6)25(22)13-15-28(23,24)5/h8-9,18-26H,7,10-17H2,1-6H3/b9-8+/t19-,20-,21+,22?,23?,24?,25?,26?,28-,29-/m1/s1. The molecule has 0 saturated heterocycles. The van der Waals surface area contributed by atoms with Gasteiger partial charge in [-0.15, -0.1) is 0 Å². The molecule has 0 amide bonds. The maximum Gasteiger partial charge on any atom is 0.136 e. The molecule has 0 spiro atoms. The number of carbonyl (C=O) groups is 1. The lowest BCUT2D eigenvalue weighted by Gasteiger charge is -2.60. The van der Waals surface area contributed by atoms with Crippen molar-refractivity contribution in [3.63, 3.8) is 0 Å². The summed E-state index contributed by atoms with van der Waals surface area (Å²) >= 11 is 3.85. The average molecular weight is 492 g/mol. The molecule has 4 aliphatic rings. The van der Waals surface area contributed by atoms with Crippen molar-refractivity contribution in [3.05, 3.63) is 12.2 Å². The van der Waals surface area contributed by atoms with Crippen LogP contribution >= 0.6 is 15.9 Å². The average Bonchev–Trinajstić information content (AvgIpc) is 3.07. The molecule has 0 bridgehead atoms. The largest absolute Gasteiger partial charge is 0.299 e. The Morgan fingerprint density at radius 1 is 1.00 bits per heavy atom. The number of fused-ring (bicyclic) bond motifs is 5. The molecule has 10 atom stereocenters. The first kappa shape index (κ1) is 24.0. The first-order chi connectivity index (χ1) is 14.6. The quantitative estimate of drug-likeness (QED) is 0.278. The van der Waals surface area contributed by atoms with E-state index in [1.807, 2.05) is 0 Å². The summed E-state index contributed by atoms with van der Waals surface area (Å²) in [5, 5.41) is 0. The fourth-order valence-electron chi connectivity index (χ4n) is 9.18. The zero-order chi connectivity index (χ0) is 22.6. The Kier molecular flexibility index (Phi) is 6.91. The van der Waals surface area contributed by atoms with Crippen molar-refractivity contribution < 1.29 is 4.79 Å². The highest BCUT2D eigenvalue weighted by Gasteiger charge is 2.62. The number of hydrogen-bond acceptors (Lipinski definition) is 1. The Morgan fingerprint density at radius 3 is 2.35 bits per heavy atom. The lowest BCUT2D eigenvalue weighted by atomic mass is 9.44. The van der Waals surface area contributed by atoms with Gasteiger partial charge >= 0.3 is 0 Å². The molecule has 0 aromatic carbocycles. The highest BCUT2D eigenvalue weighted by atomic mass is 79.9. The number of allylic oxidation sites excluding steroid dienone is 2. The Labute approximate surface area is 200 Å². The Bertz CT molecular complexity index is 697. The van der Waals surface area contributed by atoms with Gasteiger partial charge in [0.25, 0.3) is 0 Å². The van der Waals surface area contributed by atoms with Crippen molar-refractivity contribution in [2.24, 2.45) is 58.2 Å². The minimum absolute atomic E-state index is 0.265. The topological polar surface area (TPSA) is 17.1 Å². The molecule has 1 nitrogen and oxygen atoms in total. The molecule has 0 aliphatic heterocycles. The highest BCUT2D eigenvalue weighted by Crippen LogP contribution is 2.67. The third-order valence-corrected chi connectivity index (χ3v) is 11.9. The van der Waals surface area contributed by atoms with E-state index in [4.69, 9.17) is 0 Å². The molecule has 0 radical (unpaired) electrons. The summed E-state index contributed by atoms with van der Waals surface area (Å²) in [6.45, 7) is 14.6. The monoisotopic (exact) mass is 490 g/mol. The van der Waals surface area contributed by atoms with E-state index in [2.05, 4.69) is 69.6 Å².